The summed E-state index contributed by atoms with van der Waals surface area (Å²) in [4.78, 5) is 21.7. The normalized spacial score (nSPS) is 11.1. The molecule has 0 bridgehead atoms. The van der Waals surface area contributed by atoms with Crippen LogP contribution in [0, 0.1) is 0 Å². The third kappa shape index (κ3) is 7.58. The van der Waals surface area contributed by atoms with Crippen molar-refractivity contribution in [2.75, 3.05) is 47.4 Å². The fourth-order valence-electron chi connectivity index (χ4n) is 1.59. The van der Waals surface area contributed by atoms with Gasteiger partial charge in [0.25, 0.3) is 0 Å². The number of aromatic nitrogens is 1. The lowest BCUT2D eigenvalue weighted by Crippen LogP contribution is -2.40. The van der Waals surface area contributed by atoms with Crippen molar-refractivity contribution in [2.24, 2.45) is 4.99 Å². The van der Waals surface area contributed by atoms with Crippen LogP contribution >= 0.6 is 0 Å². The van der Waals surface area contributed by atoms with Crippen LogP contribution in [-0.2, 0) is 16.0 Å². The number of carbonyl (C=O) groups excluding carboxylic acids is 1. The number of aliphatic imine (C=N–C) groups is 1. The number of rotatable bonds is 8. The van der Waals surface area contributed by atoms with E-state index in [1.165, 1.54) is 4.90 Å². The van der Waals surface area contributed by atoms with Gasteiger partial charge in [0, 0.05) is 52.6 Å². The van der Waals surface area contributed by atoms with E-state index in [1.807, 2.05) is 18.2 Å². The van der Waals surface area contributed by atoms with E-state index in [0.29, 0.717) is 25.7 Å². The van der Waals surface area contributed by atoms with Crippen LogP contribution < -0.4 is 10.6 Å². The molecular weight excluding hydrogens is 282 g/mol. The summed E-state index contributed by atoms with van der Waals surface area (Å²) in [6.45, 7) is 2.00. The van der Waals surface area contributed by atoms with Gasteiger partial charge >= 0.3 is 0 Å². The fraction of sp³-hybridized carbons (Fsp3) is 0.533. The van der Waals surface area contributed by atoms with Gasteiger partial charge in [-0.2, -0.15) is 0 Å². The second-order valence-electron chi connectivity index (χ2n) is 4.87. The van der Waals surface area contributed by atoms with Crippen LogP contribution in [0.15, 0.2) is 29.4 Å². The van der Waals surface area contributed by atoms with Crippen LogP contribution in [0.5, 0.6) is 0 Å². The highest BCUT2D eigenvalue weighted by molar-refractivity contribution is 5.84. The molecule has 2 N–H and O–H groups in total. The lowest BCUT2D eigenvalue weighted by atomic mass is 10.3. The summed E-state index contributed by atoms with van der Waals surface area (Å²) >= 11 is 0. The fourth-order valence-corrected chi connectivity index (χ4v) is 1.59. The quantitative estimate of drug-likeness (QED) is 0.398. The summed E-state index contributed by atoms with van der Waals surface area (Å²) in [5, 5.41) is 6.32. The Hall–Kier alpha value is -2.15. The van der Waals surface area contributed by atoms with E-state index in [2.05, 4.69) is 20.6 Å². The van der Waals surface area contributed by atoms with Gasteiger partial charge in [0.05, 0.1) is 6.61 Å². The Kier molecular flexibility index (Phi) is 8.59. The van der Waals surface area contributed by atoms with Crippen LogP contribution in [-0.4, -0.2) is 69.2 Å². The second-order valence-corrected chi connectivity index (χ2v) is 4.87. The molecule has 0 spiro atoms. The van der Waals surface area contributed by atoms with Gasteiger partial charge in [-0.3, -0.25) is 9.78 Å². The lowest BCUT2D eigenvalue weighted by Gasteiger charge is -2.13. The van der Waals surface area contributed by atoms with E-state index >= 15 is 0 Å². The molecule has 7 nitrogen and oxygen atoms in total. The number of nitrogens with zero attached hydrogens (tertiary/aromatic N) is 3. The van der Waals surface area contributed by atoms with Crippen molar-refractivity contribution in [1.82, 2.24) is 20.5 Å². The maximum atomic E-state index is 11.6. The first-order chi connectivity index (χ1) is 10.6. The van der Waals surface area contributed by atoms with Crippen LogP contribution in [0.2, 0.25) is 0 Å². The van der Waals surface area contributed by atoms with E-state index < -0.39 is 0 Å². The van der Waals surface area contributed by atoms with E-state index in [-0.39, 0.29) is 12.5 Å². The predicted octanol–water partition coefficient (Wildman–Crippen LogP) is -0.106. The Morgan fingerprint density at radius 3 is 2.73 bits per heavy atom. The summed E-state index contributed by atoms with van der Waals surface area (Å²) in [6, 6.07) is 5.83. The number of carbonyl (C=O) groups is 1. The topological polar surface area (TPSA) is 78.8 Å². The van der Waals surface area contributed by atoms with E-state index in [1.54, 1.807) is 27.4 Å². The van der Waals surface area contributed by atoms with Crippen molar-refractivity contribution >= 4 is 11.9 Å². The summed E-state index contributed by atoms with van der Waals surface area (Å²) in [5.74, 6) is 0.556. The molecule has 0 aliphatic carbocycles. The van der Waals surface area contributed by atoms with Gasteiger partial charge < -0.3 is 20.3 Å². The molecule has 0 fully saturated rings. The van der Waals surface area contributed by atoms with Crippen molar-refractivity contribution in [1.29, 1.82) is 0 Å². The van der Waals surface area contributed by atoms with Gasteiger partial charge in [0.15, 0.2) is 5.96 Å². The molecule has 7 heteroatoms. The average molecular weight is 307 g/mol. The highest BCUT2D eigenvalue weighted by Crippen LogP contribution is 1.93. The molecular formula is C15H25N5O2. The molecule has 0 aromatic carbocycles. The van der Waals surface area contributed by atoms with Crippen LogP contribution in [0.25, 0.3) is 0 Å². The number of ether oxygens (including phenoxy) is 1. The number of hydrogen-bond acceptors (Lipinski definition) is 4. The predicted molar refractivity (Wildman–Crippen MR) is 86.8 cm³/mol. The third-order valence-corrected chi connectivity index (χ3v) is 2.87. The Labute approximate surface area is 131 Å². The Morgan fingerprint density at radius 2 is 2.09 bits per heavy atom. The number of pyridine rings is 1. The number of likely N-dealkylation sites (N-methyl/N-ethyl adjacent to an activating group) is 1. The molecule has 0 radical (unpaired) electrons. The van der Waals surface area contributed by atoms with E-state index in [0.717, 1.165) is 12.1 Å². The van der Waals surface area contributed by atoms with Gasteiger partial charge in [0.1, 0.15) is 6.54 Å². The molecule has 0 atom stereocenters. The van der Waals surface area contributed by atoms with Crippen molar-refractivity contribution in [3.05, 3.63) is 30.1 Å². The van der Waals surface area contributed by atoms with Gasteiger partial charge in [0.2, 0.25) is 5.91 Å². The summed E-state index contributed by atoms with van der Waals surface area (Å²) in [7, 11) is 5.07. The molecule has 0 saturated heterocycles. The highest BCUT2D eigenvalue weighted by Gasteiger charge is 2.04. The standard InChI is InChI=1S/C15H25N5O2/c1-20(2)14(21)12-19-15(18-10-11-22-3)17-9-7-13-6-4-5-8-16-13/h4-6,8H,7,9-12H2,1-3H3,(H2,17,18,19). The van der Waals surface area contributed by atoms with Gasteiger partial charge in [-0.15, -0.1) is 0 Å². The van der Waals surface area contributed by atoms with Gasteiger partial charge in [-0.25, -0.2) is 4.99 Å². The minimum atomic E-state index is -0.0439. The molecule has 22 heavy (non-hydrogen) atoms. The lowest BCUT2D eigenvalue weighted by molar-refractivity contribution is -0.127. The largest absolute Gasteiger partial charge is 0.383 e. The number of amides is 1. The zero-order valence-corrected chi connectivity index (χ0v) is 13.5. The molecule has 1 aromatic rings. The highest BCUT2D eigenvalue weighted by atomic mass is 16.5. The number of guanidine groups is 1. The number of nitrogens with one attached hydrogen (secondary N) is 2. The first-order valence-corrected chi connectivity index (χ1v) is 7.24. The van der Waals surface area contributed by atoms with E-state index in [4.69, 9.17) is 4.74 Å². The van der Waals surface area contributed by atoms with Crippen molar-refractivity contribution in [3.8, 4) is 0 Å². The first kappa shape index (κ1) is 17.9. The smallest absolute Gasteiger partial charge is 0.243 e. The molecule has 0 aliphatic rings. The molecule has 1 rings (SSSR count). The molecule has 0 saturated carbocycles. The summed E-state index contributed by atoms with van der Waals surface area (Å²) in [5.41, 5.74) is 1.01. The van der Waals surface area contributed by atoms with E-state index in [9.17, 15) is 4.79 Å². The summed E-state index contributed by atoms with van der Waals surface area (Å²) in [6.07, 6.45) is 2.56. The minimum Gasteiger partial charge on any atom is -0.383 e. The van der Waals surface area contributed by atoms with Crippen molar-refractivity contribution in [2.45, 2.75) is 6.42 Å². The average Bonchev–Trinajstić information content (AvgIpc) is 2.52. The van der Waals surface area contributed by atoms with Crippen molar-refractivity contribution < 1.29 is 9.53 Å². The minimum absolute atomic E-state index is 0.0439. The second kappa shape index (κ2) is 10.6. The number of hydrogen-bond donors (Lipinski definition) is 2. The molecule has 0 unspecified atom stereocenters. The monoisotopic (exact) mass is 307 g/mol. The maximum absolute atomic E-state index is 11.6. The molecule has 0 aliphatic heterocycles. The summed E-state index contributed by atoms with van der Waals surface area (Å²) < 4.78 is 5.00. The molecule has 1 aromatic heterocycles. The van der Waals surface area contributed by atoms with Gasteiger partial charge in [-0.05, 0) is 12.1 Å². The van der Waals surface area contributed by atoms with Crippen molar-refractivity contribution in [3.63, 3.8) is 0 Å². The first-order valence-electron chi connectivity index (χ1n) is 7.24. The Morgan fingerprint density at radius 1 is 1.32 bits per heavy atom. The number of methoxy groups -OCH3 is 1. The Balaban J connectivity index is 2.46. The zero-order valence-electron chi connectivity index (χ0n) is 13.5. The van der Waals surface area contributed by atoms with Crippen LogP contribution in [0.3, 0.4) is 0 Å². The van der Waals surface area contributed by atoms with Crippen LogP contribution in [0.4, 0.5) is 0 Å². The molecule has 1 heterocycles. The maximum Gasteiger partial charge on any atom is 0.243 e. The molecule has 122 valence electrons. The van der Waals surface area contributed by atoms with Gasteiger partial charge in [-0.1, -0.05) is 6.07 Å². The Bertz CT molecular complexity index is 462. The zero-order chi connectivity index (χ0) is 16.2. The third-order valence-electron chi connectivity index (χ3n) is 2.87. The SMILES string of the molecule is COCCNC(=NCC(=O)N(C)C)NCCc1ccccn1. The van der Waals surface area contributed by atoms with Crippen LogP contribution in [0.1, 0.15) is 5.69 Å². The molecule has 1 amide bonds.